The van der Waals surface area contributed by atoms with Gasteiger partial charge in [-0.25, -0.2) is 0 Å². The number of nitrogens with zero attached hydrogens (tertiary/aromatic N) is 1. The van der Waals surface area contributed by atoms with Crippen LogP contribution in [0.25, 0.3) is 0 Å². The van der Waals surface area contributed by atoms with Crippen LogP contribution in [0.3, 0.4) is 0 Å². The summed E-state index contributed by atoms with van der Waals surface area (Å²) < 4.78 is 0. The van der Waals surface area contributed by atoms with Gasteiger partial charge in [0.2, 0.25) is 5.91 Å². The molecule has 2 unspecified atom stereocenters. The zero-order valence-corrected chi connectivity index (χ0v) is 13.4. The fourth-order valence-electron chi connectivity index (χ4n) is 4.32. The molecule has 1 saturated heterocycles. The molecule has 0 radical (unpaired) electrons. The normalized spacial score (nSPS) is 33.6. The van der Waals surface area contributed by atoms with Crippen molar-refractivity contribution in [2.24, 2.45) is 11.7 Å². The Morgan fingerprint density at radius 1 is 1.35 bits per heavy atom. The lowest BCUT2D eigenvalue weighted by Crippen LogP contribution is -2.58. The Hall–Kier alpha value is -0.610. The lowest BCUT2D eigenvalue weighted by atomic mass is 9.83. The highest BCUT2D eigenvalue weighted by atomic mass is 16.1. The lowest BCUT2D eigenvalue weighted by Gasteiger charge is -2.37. The van der Waals surface area contributed by atoms with Gasteiger partial charge in [-0.3, -0.25) is 9.69 Å². The number of rotatable bonds is 6. The highest BCUT2D eigenvalue weighted by Crippen LogP contribution is 2.39. The maximum Gasteiger partial charge on any atom is 0.238 e. The maximum absolute atomic E-state index is 12.0. The third-order valence-electron chi connectivity index (χ3n) is 5.57. The molecular formula is C16H31N3O. The van der Waals surface area contributed by atoms with Gasteiger partial charge in [0.05, 0.1) is 0 Å². The second-order valence-electron chi connectivity index (χ2n) is 7.15. The molecule has 2 rings (SSSR count). The number of carbonyl (C=O) groups is 1. The molecule has 2 fully saturated rings. The van der Waals surface area contributed by atoms with Crippen molar-refractivity contribution in [2.75, 3.05) is 19.6 Å². The SMILES string of the molecule is CCNC1(C(N)=O)CCCC1CCN1CCCC1(C)C. The van der Waals surface area contributed by atoms with Crippen molar-refractivity contribution in [3.05, 3.63) is 0 Å². The molecule has 4 heteroatoms. The van der Waals surface area contributed by atoms with Gasteiger partial charge in [-0.15, -0.1) is 0 Å². The molecule has 0 spiro atoms. The van der Waals surface area contributed by atoms with Crippen LogP contribution in [0.2, 0.25) is 0 Å². The number of likely N-dealkylation sites (N-methyl/N-ethyl adjacent to an activating group) is 1. The topological polar surface area (TPSA) is 58.4 Å². The fourth-order valence-corrected chi connectivity index (χ4v) is 4.32. The second kappa shape index (κ2) is 6.02. The van der Waals surface area contributed by atoms with Crippen LogP contribution in [-0.2, 0) is 4.79 Å². The van der Waals surface area contributed by atoms with E-state index in [4.69, 9.17) is 5.73 Å². The van der Waals surface area contributed by atoms with Crippen LogP contribution in [0.5, 0.6) is 0 Å². The van der Waals surface area contributed by atoms with Gasteiger partial charge >= 0.3 is 0 Å². The summed E-state index contributed by atoms with van der Waals surface area (Å²) in [5.74, 6) is 0.249. The summed E-state index contributed by atoms with van der Waals surface area (Å²) in [4.78, 5) is 14.6. The van der Waals surface area contributed by atoms with Gasteiger partial charge < -0.3 is 11.1 Å². The minimum Gasteiger partial charge on any atom is -0.368 e. The monoisotopic (exact) mass is 281 g/mol. The second-order valence-corrected chi connectivity index (χ2v) is 7.15. The van der Waals surface area contributed by atoms with Crippen LogP contribution >= 0.6 is 0 Å². The molecule has 0 aromatic carbocycles. The number of amides is 1. The molecule has 3 N–H and O–H groups in total. The number of primary amides is 1. The molecule has 1 heterocycles. The first-order valence-electron chi connectivity index (χ1n) is 8.22. The Morgan fingerprint density at radius 3 is 2.65 bits per heavy atom. The summed E-state index contributed by atoms with van der Waals surface area (Å²) in [6, 6.07) is 0. The largest absolute Gasteiger partial charge is 0.368 e. The van der Waals surface area contributed by atoms with Crippen molar-refractivity contribution in [2.45, 2.75) is 70.4 Å². The predicted octanol–water partition coefficient (Wildman–Crippen LogP) is 1.88. The number of carbonyl (C=O) groups excluding carboxylic acids is 1. The Balaban J connectivity index is 1.99. The highest BCUT2D eigenvalue weighted by molar-refractivity contribution is 5.85. The van der Waals surface area contributed by atoms with E-state index in [0.717, 1.165) is 38.8 Å². The van der Waals surface area contributed by atoms with E-state index < -0.39 is 5.54 Å². The van der Waals surface area contributed by atoms with Gasteiger partial charge in [-0.2, -0.15) is 0 Å². The summed E-state index contributed by atoms with van der Waals surface area (Å²) in [5.41, 5.74) is 5.61. The van der Waals surface area contributed by atoms with E-state index in [2.05, 4.69) is 31.0 Å². The molecule has 1 aliphatic heterocycles. The average molecular weight is 281 g/mol. The zero-order valence-electron chi connectivity index (χ0n) is 13.4. The predicted molar refractivity (Wildman–Crippen MR) is 82.4 cm³/mol. The molecule has 2 atom stereocenters. The standard InChI is InChI=1S/C16H31N3O/c1-4-18-16(14(17)20)10-5-7-13(16)8-12-19-11-6-9-15(19,2)3/h13,18H,4-12H2,1-3H3,(H2,17,20). The summed E-state index contributed by atoms with van der Waals surface area (Å²) in [5, 5.41) is 3.41. The molecule has 4 nitrogen and oxygen atoms in total. The van der Waals surface area contributed by atoms with Crippen LogP contribution < -0.4 is 11.1 Å². The molecule has 0 bridgehead atoms. The first kappa shape index (κ1) is 15.8. The molecule has 2 aliphatic rings. The summed E-state index contributed by atoms with van der Waals surface area (Å²) in [7, 11) is 0. The number of nitrogens with two attached hydrogens (primary N) is 1. The zero-order chi connectivity index (χ0) is 14.8. The Kier molecular flexibility index (Phi) is 4.75. The summed E-state index contributed by atoms with van der Waals surface area (Å²) in [6.07, 6.45) is 6.81. The smallest absolute Gasteiger partial charge is 0.238 e. The van der Waals surface area contributed by atoms with Gasteiger partial charge in [0.25, 0.3) is 0 Å². The first-order valence-corrected chi connectivity index (χ1v) is 8.22. The summed E-state index contributed by atoms with van der Waals surface area (Å²) >= 11 is 0. The number of hydrogen-bond donors (Lipinski definition) is 2. The molecule has 116 valence electrons. The molecule has 0 aromatic rings. The first-order chi connectivity index (χ1) is 9.42. The van der Waals surface area contributed by atoms with E-state index in [1.54, 1.807) is 0 Å². The van der Waals surface area contributed by atoms with Crippen LogP contribution in [0, 0.1) is 5.92 Å². The van der Waals surface area contributed by atoms with Crippen molar-refractivity contribution in [1.82, 2.24) is 10.2 Å². The van der Waals surface area contributed by atoms with E-state index in [-0.39, 0.29) is 5.91 Å². The average Bonchev–Trinajstić information content (AvgIpc) is 2.91. The number of hydrogen-bond acceptors (Lipinski definition) is 3. The Bertz CT molecular complexity index is 356. The molecule has 1 saturated carbocycles. The molecular weight excluding hydrogens is 250 g/mol. The number of nitrogens with one attached hydrogen (secondary N) is 1. The Labute approximate surface area is 123 Å². The minimum atomic E-state index is -0.446. The molecule has 20 heavy (non-hydrogen) atoms. The van der Waals surface area contributed by atoms with Gasteiger partial charge in [-0.05, 0) is 71.5 Å². The van der Waals surface area contributed by atoms with Gasteiger partial charge in [0.15, 0.2) is 0 Å². The van der Waals surface area contributed by atoms with E-state index in [1.807, 2.05) is 0 Å². The van der Waals surface area contributed by atoms with Gasteiger partial charge in [0.1, 0.15) is 5.54 Å². The molecule has 0 aromatic heterocycles. The van der Waals surface area contributed by atoms with Gasteiger partial charge in [0, 0.05) is 5.54 Å². The van der Waals surface area contributed by atoms with E-state index in [1.165, 1.54) is 19.4 Å². The lowest BCUT2D eigenvalue weighted by molar-refractivity contribution is -0.126. The van der Waals surface area contributed by atoms with Crippen molar-refractivity contribution in [3.8, 4) is 0 Å². The third kappa shape index (κ3) is 2.86. The van der Waals surface area contributed by atoms with Gasteiger partial charge in [-0.1, -0.05) is 13.3 Å². The van der Waals surface area contributed by atoms with E-state index in [9.17, 15) is 4.79 Å². The Morgan fingerprint density at radius 2 is 2.10 bits per heavy atom. The van der Waals surface area contributed by atoms with Crippen molar-refractivity contribution >= 4 is 5.91 Å². The van der Waals surface area contributed by atoms with Crippen molar-refractivity contribution in [1.29, 1.82) is 0 Å². The molecule has 1 amide bonds. The third-order valence-corrected chi connectivity index (χ3v) is 5.57. The quantitative estimate of drug-likeness (QED) is 0.781. The van der Waals surface area contributed by atoms with Crippen molar-refractivity contribution < 1.29 is 4.79 Å². The number of likely N-dealkylation sites (tertiary alicyclic amines) is 1. The van der Waals surface area contributed by atoms with Crippen LogP contribution in [-0.4, -0.2) is 41.5 Å². The van der Waals surface area contributed by atoms with Crippen LogP contribution in [0.15, 0.2) is 0 Å². The van der Waals surface area contributed by atoms with Crippen molar-refractivity contribution in [3.63, 3.8) is 0 Å². The van der Waals surface area contributed by atoms with Crippen LogP contribution in [0.1, 0.15) is 59.3 Å². The highest BCUT2D eigenvalue weighted by Gasteiger charge is 2.47. The minimum absolute atomic E-state index is 0.150. The van der Waals surface area contributed by atoms with E-state index in [0.29, 0.717) is 11.5 Å². The fraction of sp³-hybridized carbons (Fsp3) is 0.938. The summed E-state index contributed by atoms with van der Waals surface area (Å²) in [6.45, 7) is 9.83. The molecule has 1 aliphatic carbocycles. The van der Waals surface area contributed by atoms with Crippen LogP contribution in [0.4, 0.5) is 0 Å². The van der Waals surface area contributed by atoms with E-state index >= 15 is 0 Å². The maximum atomic E-state index is 12.0.